The van der Waals surface area contributed by atoms with Crippen molar-refractivity contribution < 1.29 is 28.5 Å². The number of fused-ring (bicyclic) bond motifs is 2. The van der Waals surface area contributed by atoms with E-state index in [4.69, 9.17) is 18.9 Å². The summed E-state index contributed by atoms with van der Waals surface area (Å²) in [4.78, 5) is 26.4. The minimum absolute atomic E-state index is 0.114. The van der Waals surface area contributed by atoms with Crippen molar-refractivity contribution in [2.45, 2.75) is 50.7 Å². The van der Waals surface area contributed by atoms with Crippen molar-refractivity contribution in [1.29, 1.82) is 0 Å². The summed E-state index contributed by atoms with van der Waals surface area (Å²) < 4.78 is 22.6. The normalized spacial score (nSPS) is 48.0. The third-order valence-electron chi connectivity index (χ3n) is 8.50. The minimum atomic E-state index is -0.901. The highest BCUT2D eigenvalue weighted by atomic mass is 16.7. The van der Waals surface area contributed by atoms with Crippen molar-refractivity contribution >= 4 is 11.9 Å². The minimum Gasteiger partial charge on any atom is -0.469 e. The van der Waals surface area contributed by atoms with Gasteiger partial charge in [0.15, 0.2) is 0 Å². The summed E-state index contributed by atoms with van der Waals surface area (Å²) in [6, 6.07) is 0. The Morgan fingerprint density at radius 3 is 2.79 bits per heavy atom. The molecule has 0 N–H and O–H groups in total. The van der Waals surface area contributed by atoms with Gasteiger partial charge in [-0.1, -0.05) is 18.2 Å². The molecule has 0 unspecified atom stereocenters. The molecule has 0 amide bonds. The Labute approximate surface area is 165 Å². The van der Waals surface area contributed by atoms with Crippen molar-refractivity contribution in [3.05, 3.63) is 23.8 Å². The number of rotatable bonds is 4. The number of hydrogen-bond acceptors (Lipinski definition) is 6. The predicted octanol–water partition coefficient (Wildman–Crippen LogP) is 2.77. The lowest BCUT2D eigenvalue weighted by Crippen LogP contribution is -2.57. The van der Waals surface area contributed by atoms with E-state index < -0.39 is 16.9 Å². The quantitative estimate of drug-likeness (QED) is 0.419. The first kappa shape index (κ1) is 18.4. The van der Waals surface area contributed by atoms with Crippen LogP contribution < -0.4 is 0 Å². The van der Waals surface area contributed by atoms with E-state index in [0.29, 0.717) is 18.8 Å². The summed E-state index contributed by atoms with van der Waals surface area (Å²) in [5.41, 5.74) is 0.407. The highest BCUT2D eigenvalue weighted by Crippen LogP contribution is 2.77. The molecule has 1 aliphatic heterocycles. The van der Waals surface area contributed by atoms with Gasteiger partial charge in [-0.3, -0.25) is 9.59 Å². The van der Waals surface area contributed by atoms with Crippen LogP contribution in [0.4, 0.5) is 0 Å². The molecule has 6 rings (SSSR count). The summed E-state index contributed by atoms with van der Waals surface area (Å²) in [5, 5.41) is 0. The molecule has 1 spiro atoms. The lowest BCUT2D eigenvalue weighted by molar-refractivity contribution is -0.168. The second kappa shape index (κ2) is 5.70. The SMILES string of the molecule is C=C1C[C@@]23CC[C@@H]1C=C2[C@@H](C(=O)OC)[C@@H]1[C@@]2(C)C(=O)O[C@@]13CC[C@H]2OCOC. The lowest BCUT2D eigenvalue weighted by Gasteiger charge is -2.54. The van der Waals surface area contributed by atoms with Gasteiger partial charge in [0, 0.05) is 18.4 Å². The molecule has 1 heterocycles. The van der Waals surface area contributed by atoms with E-state index in [-0.39, 0.29) is 36.2 Å². The van der Waals surface area contributed by atoms with Crippen molar-refractivity contribution in [2.24, 2.45) is 28.6 Å². The lowest BCUT2D eigenvalue weighted by atomic mass is 9.51. The molecule has 7 atom stereocenters. The van der Waals surface area contributed by atoms with E-state index >= 15 is 0 Å². The third kappa shape index (κ3) is 1.82. The van der Waals surface area contributed by atoms with Gasteiger partial charge in [-0.05, 0) is 50.5 Å². The number of allylic oxidation sites excluding steroid dienone is 2. The number of carbonyl (C=O) groups excluding carboxylic acids is 2. The summed E-state index contributed by atoms with van der Waals surface area (Å²) in [5.74, 6) is -0.967. The van der Waals surface area contributed by atoms with Crippen LogP contribution >= 0.6 is 0 Å². The van der Waals surface area contributed by atoms with Crippen LogP contribution in [0, 0.1) is 28.6 Å². The van der Waals surface area contributed by atoms with Crippen LogP contribution in [-0.2, 0) is 28.5 Å². The van der Waals surface area contributed by atoms with Gasteiger partial charge in [0.05, 0.1) is 24.5 Å². The van der Waals surface area contributed by atoms with Gasteiger partial charge >= 0.3 is 11.9 Å². The first-order chi connectivity index (χ1) is 13.4. The first-order valence-corrected chi connectivity index (χ1v) is 10.2. The second-order valence-electron chi connectivity index (χ2n) is 9.33. The van der Waals surface area contributed by atoms with E-state index in [1.165, 1.54) is 12.7 Å². The zero-order chi connectivity index (χ0) is 19.9. The Balaban J connectivity index is 1.71. The monoisotopic (exact) mass is 388 g/mol. The molecule has 28 heavy (non-hydrogen) atoms. The fourth-order valence-electron chi connectivity index (χ4n) is 7.40. The van der Waals surface area contributed by atoms with Crippen LogP contribution in [0.5, 0.6) is 0 Å². The topological polar surface area (TPSA) is 71.1 Å². The largest absolute Gasteiger partial charge is 0.469 e. The number of hydrogen-bond donors (Lipinski definition) is 0. The van der Waals surface area contributed by atoms with E-state index in [0.717, 1.165) is 24.8 Å². The molecule has 6 nitrogen and oxygen atoms in total. The highest BCUT2D eigenvalue weighted by molar-refractivity contribution is 5.88. The maximum Gasteiger partial charge on any atom is 0.315 e. The predicted molar refractivity (Wildman–Crippen MR) is 98.9 cm³/mol. The number of methoxy groups -OCH3 is 2. The Hall–Kier alpha value is -1.66. The molecule has 0 aromatic carbocycles. The Kier molecular flexibility index (Phi) is 3.74. The fraction of sp³-hybridized carbons (Fsp3) is 0.727. The highest BCUT2D eigenvalue weighted by Gasteiger charge is 2.83. The molecule has 1 saturated heterocycles. The number of esters is 2. The molecule has 5 aliphatic carbocycles. The van der Waals surface area contributed by atoms with E-state index in [1.807, 2.05) is 6.92 Å². The molecule has 6 aliphatic rings. The maximum atomic E-state index is 13.3. The Morgan fingerprint density at radius 1 is 1.32 bits per heavy atom. The number of carbonyl (C=O) groups is 2. The summed E-state index contributed by atoms with van der Waals surface area (Å²) in [7, 11) is 2.99. The average molecular weight is 388 g/mol. The number of ether oxygens (including phenoxy) is 4. The van der Waals surface area contributed by atoms with Crippen molar-refractivity contribution in [3.8, 4) is 0 Å². The molecular formula is C22H28O6. The Bertz CT molecular complexity index is 801. The van der Waals surface area contributed by atoms with Crippen LogP contribution in [0.15, 0.2) is 23.8 Å². The molecule has 0 aromatic heterocycles. The maximum absolute atomic E-state index is 13.3. The molecule has 0 radical (unpaired) electrons. The fourth-order valence-corrected chi connectivity index (χ4v) is 7.40. The van der Waals surface area contributed by atoms with Gasteiger partial charge in [-0.15, -0.1) is 0 Å². The second-order valence-corrected chi connectivity index (χ2v) is 9.33. The van der Waals surface area contributed by atoms with Crippen molar-refractivity contribution in [3.63, 3.8) is 0 Å². The summed E-state index contributed by atoms with van der Waals surface area (Å²) in [6.07, 6.45) is 6.02. The zero-order valence-electron chi connectivity index (χ0n) is 16.8. The van der Waals surface area contributed by atoms with Gasteiger partial charge in [-0.25, -0.2) is 0 Å². The zero-order valence-corrected chi connectivity index (χ0v) is 16.8. The van der Waals surface area contributed by atoms with Crippen LogP contribution in [0.1, 0.15) is 39.0 Å². The summed E-state index contributed by atoms with van der Waals surface area (Å²) >= 11 is 0. The van der Waals surface area contributed by atoms with E-state index in [2.05, 4.69) is 12.7 Å². The smallest absolute Gasteiger partial charge is 0.315 e. The van der Waals surface area contributed by atoms with Gasteiger partial charge < -0.3 is 18.9 Å². The van der Waals surface area contributed by atoms with Gasteiger partial charge in [0.2, 0.25) is 0 Å². The first-order valence-electron chi connectivity index (χ1n) is 10.2. The molecular weight excluding hydrogens is 360 g/mol. The van der Waals surface area contributed by atoms with Crippen LogP contribution in [-0.4, -0.2) is 44.7 Å². The third-order valence-corrected chi connectivity index (χ3v) is 8.50. The van der Waals surface area contributed by atoms with Crippen molar-refractivity contribution in [1.82, 2.24) is 0 Å². The average Bonchev–Trinajstić information content (AvgIpc) is 3.02. The Morgan fingerprint density at radius 2 is 2.11 bits per heavy atom. The van der Waals surface area contributed by atoms with Crippen LogP contribution in [0.25, 0.3) is 0 Å². The standard InChI is InChI=1S/C22H28O6/c1-12-10-21-7-5-13(12)9-14(21)16(18(23)26-4)17-20(2)15(27-11-25-3)6-8-22(17,21)28-19(20)24/h9,13,15-17H,1,5-8,10-11H2,2-4H3/t13-,15-,16-,17-,20+,21+,22+/m1/s1. The van der Waals surface area contributed by atoms with Crippen LogP contribution in [0.2, 0.25) is 0 Å². The molecule has 152 valence electrons. The molecule has 0 aromatic rings. The van der Waals surface area contributed by atoms with Crippen molar-refractivity contribution in [2.75, 3.05) is 21.0 Å². The molecule has 6 heteroatoms. The molecule has 4 bridgehead atoms. The van der Waals surface area contributed by atoms with Crippen LogP contribution in [0.3, 0.4) is 0 Å². The van der Waals surface area contributed by atoms with Gasteiger partial charge in [0.1, 0.15) is 12.4 Å². The van der Waals surface area contributed by atoms with Gasteiger partial charge in [0.25, 0.3) is 0 Å². The van der Waals surface area contributed by atoms with E-state index in [1.54, 1.807) is 7.11 Å². The molecule has 3 saturated carbocycles. The van der Waals surface area contributed by atoms with E-state index in [9.17, 15) is 9.59 Å². The molecule has 4 fully saturated rings. The van der Waals surface area contributed by atoms with Gasteiger partial charge in [-0.2, -0.15) is 0 Å². The summed E-state index contributed by atoms with van der Waals surface area (Å²) in [6.45, 7) is 6.33.